The predicted octanol–water partition coefficient (Wildman–Crippen LogP) is 1.90. The van der Waals surface area contributed by atoms with E-state index in [2.05, 4.69) is 30.1 Å². The monoisotopic (exact) mass is 297 g/mol. The first-order valence-electron chi connectivity index (χ1n) is 6.07. The van der Waals surface area contributed by atoms with Crippen LogP contribution in [0.1, 0.15) is 20.3 Å². The summed E-state index contributed by atoms with van der Waals surface area (Å²) in [6.07, 6.45) is -2.49. The van der Waals surface area contributed by atoms with Crippen molar-refractivity contribution >= 4 is 0 Å². The van der Waals surface area contributed by atoms with E-state index in [1.807, 2.05) is 0 Å². The van der Waals surface area contributed by atoms with Crippen LogP contribution in [0.15, 0.2) is 15.3 Å². The minimum Gasteiger partial charge on any atom is -0.392 e. The molecule has 1 rings (SSSR count). The molecule has 1 fully saturated rings. The van der Waals surface area contributed by atoms with Gasteiger partial charge in [0.05, 0.1) is 24.3 Å². The Morgan fingerprint density at radius 1 is 1.24 bits per heavy atom. The molecule has 0 amide bonds. The number of ether oxygens (including phenoxy) is 1. The zero-order chi connectivity index (χ0) is 16.0. The molecule has 0 bridgehead atoms. The summed E-state index contributed by atoms with van der Waals surface area (Å²) in [4.78, 5) is 7.88. The Morgan fingerprint density at radius 3 is 2.38 bits per heavy atom. The second kappa shape index (κ2) is 7.00. The van der Waals surface area contributed by atoms with Gasteiger partial charge >= 0.3 is 0 Å². The van der Waals surface area contributed by atoms with E-state index < -0.39 is 36.1 Å². The van der Waals surface area contributed by atoms with E-state index in [1.165, 1.54) is 13.8 Å². The number of hydrogen-bond acceptors (Lipinski definition) is 6. The summed E-state index contributed by atoms with van der Waals surface area (Å²) in [6.45, 7) is 2.80. The molecular weight excluding hydrogens is 282 g/mol. The fourth-order valence-electron chi connectivity index (χ4n) is 2.26. The molecule has 0 aromatic heterocycles. The van der Waals surface area contributed by atoms with Gasteiger partial charge in [-0.3, -0.25) is 0 Å². The third-order valence-corrected chi connectivity index (χ3v) is 3.14. The molecule has 6 atom stereocenters. The van der Waals surface area contributed by atoms with Gasteiger partial charge < -0.3 is 14.9 Å². The highest BCUT2D eigenvalue weighted by atomic mass is 16.6. The molecule has 2 N–H and O–H groups in total. The molecule has 12 nitrogen and oxygen atoms in total. The van der Waals surface area contributed by atoms with Crippen molar-refractivity contribution in [3.63, 3.8) is 0 Å². The summed E-state index contributed by atoms with van der Waals surface area (Å²) in [6, 6.07) is -2.96. The van der Waals surface area contributed by atoms with Crippen LogP contribution in [-0.2, 0) is 4.74 Å². The number of aliphatic hydroxyl groups is 2. The summed E-state index contributed by atoms with van der Waals surface area (Å²) in [7, 11) is 0. The van der Waals surface area contributed by atoms with E-state index in [0.29, 0.717) is 0 Å². The normalized spacial score (nSPS) is 34.6. The SMILES string of the molecule is CC(N=[N+]=[N-])C(N=[N+]=[N-])C1O[C@@](C)(O)C[C@@H](O)[C@H]1N=[N+]=[N-]. The summed E-state index contributed by atoms with van der Waals surface area (Å²) < 4.78 is 5.37. The molecule has 0 aromatic rings. The van der Waals surface area contributed by atoms with Crippen molar-refractivity contribution in [1.82, 2.24) is 0 Å². The Bertz CT molecular complexity index is 519. The fourth-order valence-corrected chi connectivity index (χ4v) is 2.26. The van der Waals surface area contributed by atoms with Crippen molar-refractivity contribution in [2.45, 2.75) is 56.4 Å². The molecule has 1 saturated heterocycles. The standard InChI is InChI=1S/C9H15N9O3/c1-4(13-16-10)6(14-17-11)8-7(15-18-12)5(19)3-9(2,20)21-8/h4-8,19-20H,3H2,1-2H3/t4?,5-,6?,7-,8?,9-/m1/s1. The lowest BCUT2D eigenvalue weighted by Crippen LogP contribution is -2.57. The highest BCUT2D eigenvalue weighted by Crippen LogP contribution is 2.33. The summed E-state index contributed by atoms with van der Waals surface area (Å²) in [5.41, 5.74) is 25.7. The molecule has 0 spiro atoms. The van der Waals surface area contributed by atoms with Gasteiger partial charge in [0, 0.05) is 27.2 Å². The zero-order valence-corrected chi connectivity index (χ0v) is 11.4. The predicted molar refractivity (Wildman–Crippen MR) is 70.6 cm³/mol. The van der Waals surface area contributed by atoms with Crippen molar-refractivity contribution in [1.29, 1.82) is 0 Å². The van der Waals surface area contributed by atoms with Crippen molar-refractivity contribution in [3.05, 3.63) is 31.3 Å². The molecule has 0 aliphatic carbocycles. The third kappa shape index (κ3) is 4.14. The summed E-state index contributed by atoms with van der Waals surface area (Å²) in [5, 5.41) is 30.3. The maximum absolute atomic E-state index is 9.99. The van der Waals surface area contributed by atoms with Gasteiger partial charge in [0.25, 0.3) is 0 Å². The Labute approximate surface area is 119 Å². The van der Waals surface area contributed by atoms with E-state index in [0.717, 1.165) is 0 Å². The maximum Gasteiger partial charge on any atom is 0.165 e. The van der Waals surface area contributed by atoms with Crippen LogP contribution < -0.4 is 0 Å². The van der Waals surface area contributed by atoms with Crippen molar-refractivity contribution in [2.24, 2.45) is 15.3 Å². The largest absolute Gasteiger partial charge is 0.392 e. The van der Waals surface area contributed by atoms with E-state index in [9.17, 15) is 10.2 Å². The number of nitrogens with zero attached hydrogens (tertiary/aromatic N) is 9. The lowest BCUT2D eigenvalue weighted by atomic mass is 9.88. The van der Waals surface area contributed by atoms with E-state index in [-0.39, 0.29) is 6.42 Å². The van der Waals surface area contributed by atoms with Gasteiger partial charge in [-0.05, 0) is 23.5 Å². The first-order chi connectivity index (χ1) is 9.86. The summed E-state index contributed by atoms with van der Waals surface area (Å²) in [5.74, 6) is -1.69. The van der Waals surface area contributed by atoms with Gasteiger partial charge in [-0.1, -0.05) is 22.3 Å². The second-order valence-electron chi connectivity index (χ2n) is 4.87. The minimum atomic E-state index is -1.69. The van der Waals surface area contributed by atoms with Crippen LogP contribution in [0.5, 0.6) is 0 Å². The Hall–Kier alpha value is -2.19. The number of aliphatic hydroxyl groups excluding tert-OH is 1. The number of rotatable bonds is 5. The van der Waals surface area contributed by atoms with Gasteiger partial charge in [0.2, 0.25) is 0 Å². The van der Waals surface area contributed by atoms with Crippen LogP contribution in [0.3, 0.4) is 0 Å². The molecule has 3 unspecified atom stereocenters. The van der Waals surface area contributed by atoms with Crippen LogP contribution >= 0.6 is 0 Å². The molecular formula is C9H15N9O3. The first kappa shape index (κ1) is 16.9. The zero-order valence-electron chi connectivity index (χ0n) is 11.4. The fraction of sp³-hybridized carbons (Fsp3) is 1.00. The maximum atomic E-state index is 9.99. The summed E-state index contributed by atoms with van der Waals surface area (Å²) >= 11 is 0. The van der Waals surface area contributed by atoms with E-state index in [4.69, 9.17) is 21.3 Å². The Balaban J connectivity index is 3.23. The Kier molecular flexibility index (Phi) is 5.62. The van der Waals surface area contributed by atoms with E-state index in [1.54, 1.807) is 0 Å². The lowest BCUT2D eigenvalue weighted by Gasteiger charge is -2.43. The van der Waals surface area contributed by atoms with Crippen LogP contribution in [0.4, 0.5) is 0 Å². The van der Waals surface area contributed by atoms with Crippen LogP contribution in [-0.4, -0.2) is 46.3 Å². The molecule has 1 aliphatic rings. The van der Waals surface area contributed by atoms with Gasteiger partial charge in [-0.25, -0.2) is 0 Å². The third-order valence-electron chi connectivity index (χ3n) is 3.14. The van der Waals surface area contributed by atoms with E-state index >= 15 is 0 Å². The van der Waals surface area contributed by atoms with Gasteiger partial charge in [0.15, 0.2) is 5.79 Å². The van der Waals surface area contributed by atoms with Gasteiger partial charge in [-0.15, -0.1) is 0 Å². The van der Waals surface area contributed by atoms with Crippen LogP contribution in [0.2, 0.25) is 0 Å². The smallest absolute Gasteiger partial charge is 0.165 e. The quantitative estimate of drug-likeness (QED) is 0.444. The highest BCUT2D eigenvalue weighted by molar-refractivity contribution is 5.01. The molecule has 1 aliphatic heterocycles. The topological polar surface area (TPSA) is 196 Å². The second-order valence-corrected chi connectivity index (χ2v) is 4.87. The molecule has 0 saturated carbocycles. The molecule has 114 valence electrons. The number of hydrogen-bond donors (Lipinski definition) is 2. The van der Waals surface area contributed by atoms with Crippen LogP contribution in [0.25, 0.3) is 31.3 Å². The molecule has 0 radical (unpaired) electrons. The molecule has 21 heavy (non-hydrogen) atoms. The van der Waals surface area contributed by atoms with Gasteiger partial charge in [0.1, 0.15) is 0 Å². The average molecular weight is 297 g/mol. The van der Waals surface area contributed by atoms with Crippen molar-refractivity contribution in [2.75, 3.05) is 0 Å². The lowest BCUT2D eigenvalue weighted by molar-refractivity contribution is -0.270. The average Bonchev–Trinajstić information content (AvgIpc) is 2.38. The first-order valence-corrected chi connectivity index (χ1v) is 6.07. The van der Waals surface area contributed by atoms with Crippen LogP contribution in [0, 0.1) is 0 Å². The molecule has 0 aromatic carbocycles. The van der Waals surface area contributed by atoms with Crippen molar-refractivity contribution < 1.29 is 14.9 Å². The van der Waals surface area contributed by atoms with Crippen molar-refractivity contribution in [3.8, 4) is 0 Å². The molecule has 12 heteroatoms. The number of azide groups is 3. The molecule has 1 heterocycles. The Morgan fingerprint density at radius 2 is 1.86 bits per heavy atom. The van der Waals surface area contributed by atoms with Gasteiger partial charge in [-0.2, -0.15) is 0 Å². The minimum absolute atomic E-state index is 0.175. The highest BCUT2D eigenvalue weighted by Gasteiger charge is 2.46.